The molecule has 0 amide bonds. The lowest BCUT2D eigenvalue weighted by Crippen LogP contribution is -2.14. The van der Waals surface area contributed by atoms with Crippen LogP contribution in [0.3, 0.4) is 0 Å². The van der Waals surface area contributed by atoms with Crippen molar-refractivity contribution in [3.63, 3.8) is 0 Å². The van der Waals surface area contributed by atoms with E-state index in [4.69, 9.17) is 0 Å². The van der Waals surface area contributed by atoms with E-state index in [1.54, 1.807) is 0 Å². The summed E-state index contributed by atoms with van der Waals surface area (Å²) in [5.74, 6) is -11.9. The fourth-order valence-corrected chi connectivity index (χ4v) is 4.48. The molecule has 0 radical (unpaired) electrons. The molecule has 3 aromatic heterocycles. The number of rotatable bonds is 0. The predicted octanol–water partition coefficient (Wildman–Crippen LogP) is 4.98. The van der Waals surface area contributed by atoms with Crippen molar-refractivity contribution >= 4 is 48.9 Å². The van der Waals surface area contributed by atoms with E-state index in [1.165, 1.54) is 18.2 Å². The quantitative estimate of drug-likeness (QED) is 0.148. The van der Waals surface area contributed by atoms with Crippen LogP contribution < -0.4 is 10.9 Å². The minimum absolute atomic E-state index is 0.0193. The molecule has 0 aliphatic carbocycles. The van der Waals surface area contributed by atoms with Gasteiger partial charge < -0.3 is 4.40 Å². The van der Waals surface area contributed by atoms with Crippen molar-refractivity contribution in [3.05, 3.63) is 85.7 Å². The van der Waals surface area contributed by atoms with Crippen molar-refractivity contribution in [3.8, 4) is 0 Å². The Kier molecular flexibility index (Phi) is 3.14. The van der Waals surface area contributed by atoms with Gasteiger partial charge in [-0.05, 0) is 12.1 Å². The Morgan fingerprint density at radius 3 is 1.42 bits per heavy atom. The van der Waals surface area contributed by atoms with Gasteiger partial charge in [0.2, 0.25) is 0 Å². The number of hydrogen-bond acceptors (Lipinski definition) is 2. The van der Waals surface area contributed by atoms with E-state index in [9.17, 15) is 35.9 Å². The smallest absolute Gasteiger partial charge is 0.195 e. The van der Waals surface area contributed by atoms with Crippen LogP contribution in [0.1, 0.15) is 0 Å². The Morgan fingerprint density at radius 1 is 0.548 bits per heavy atom. The molecule has 152 valence electrons. The average molecular weight is 429 g/mol. The van der Waals surface area contributed by atoms with Crippen LogP contribution in [0.15, 0.2) is 39.9 Å². The van der Waals surface area contributed by atoms with Gasteiger partial charge in [-0.2, -0.15) is 0 Å². The minimum atomic E-state index is -2.11. The lowest BCUT2D eigenvalue weighted by Gasteiger charge is -2.19. The second-order valence-corrected chi connectivity index (χ2v) is 7.21. The van der Waals surface area contributed by atoms with Gasteiger partial charge in [-0.1, -0.05) is 6.07 Å². The Balaban J connectivity index is 2.20. The van der Waals surface area contributed by atoms with Crippen molar-refractivity contribution < 1.29 is 26.3 Å². The Labute approximate surface area is 166 Å². The minimum Gasteiger partial charge on any atom is -0.307 e. The van der Waals surface area contributed by atoms with E-state index in [0.717, 1.165) is 16.5 Å². The predicted molar refractivity (Wildman–Crippen MR) is 102 cm³/mol. The summed E-state index contributed by atoms with van der Waals surface area (Å²) in [5.41, 5.74) is -2.08. The van der Waals surface area contributed by atoms with Gasteiger partial charge in [0.15, 0.2) is 45.8 Å². The first-order valence-corrected chi connectivity index (χ1v) is 8.86. The van der Waals surface area contributed by atoms with Crippen molar-refractivity contribution in [1.82, 2.24) is 4.40 Å². The molecule has 0 saturated heterocycles. The van der Waals surface area contributed by atoms with Crippen molar-refractivity contribution in [2.75, 3.05) is 0 Å². The van der Waals surface area contributed by atoms with Crippen LogP contribution >= 0.6 is 0 Å². The molecule has 0 aliphatic rings. The summed E-state index contributed by atoms with van der Waals surface area (Å²) in [5, 5.41) is -3.68. The number of para-hydroxylation sites is 1. The Hall–Kier alpha value is -3.88. The van der Waals surface area contributed by atoms with Gasteiger partial charge in [0.05, 0.1) is 21.9 Å². The summed E-state index contributed by atoms with van der Waals surface area (Å²) in [6.07, 6.45) is 0. The van der Waals surface area contributed by atoms with Gasteiger partial charge in [-0.25, -0.2) is 26.3 Å². The topological polar surface area (TPSA) is 38.5 Å². The van der Waals surface area contributed by atoms with Crippen LogP contribution in [0, 0.1) is 34.9 Å². The Morgan fingerprint density at radius 2 is 0.968 bits per heavy atom. The van der Waals surface area contributed by atoms with Crippen molar-refractivity contribution in [2.45, 2.75) is 0 Å². The molecular formula is C22H5F6NO2. The summed E-state index contributed by atoms with van der Waals surface area (Å²) < 4.78 is 88.7. The van der Waals surface area contributed by atoms with E-state index in [0.29, 0.717) is 0 Å². The second-order valence-electron chi connectivity index (χ2n) is 7.21. The molecule has 0 unspecified atom stereocenters. The molecule has 3 nitrogen and oxygen atoms in total. The van der Waals surface area contributed by atoms with Crippen LogP contribution in [-0.2, 0) is 0 Å². The molecule has 0 fully saturated rings. The summed E-state index contributed by atoms with van der Waals surface area (Å²) in [4.78, 5) is 25.4. The first kappa shape index (κ1) is 17.9. The molecule has 0 N–H and O–H groups in total. The molecule has 3 heterocycles. The number of fused-ring (bicyclic) bond motifs is 2. The normalized spacial score (nSPS) is 12.5. The third-order valence-corrected chi connectivity index (χ3v) is 5.72. The zero-order valence-corrected chi connectivity index (χ0v) is 14.9. The van der Waals surface area contributed by atoms with Crippen LogP contribution in [0.25, 0.3) is 48.9 Å². The van der Waals surface area contributed by atoms with E-state index in [2.05, 4.69) is 0 Å². The van der Waals surface area contributed by atoms with Crippen LogP contribution in [0.2, 0.25) is 0 Å². The molecule has 6 rings (SSSR count). The lowest BCUT2D eigenvalue weighted by atomic mass is 9.95. The SMILES string of the molecule is O=c1cc2c3c(F)c(F)c(F)c4c(F)c(F)c(F)c(c43)c3cc(=O)c4cccc1c4n23. The zero-order valence-electron chi connectivity index (χ0n) is 14.9. The van der Waals surface area contributed by atoms with Gasteiger partial charge in [0.1, 0.15) is 0 Å². The number of aromatic nitrogens is 1. The summed E-state index contributed by atoms with van der Waals surface area (Å²) in [6, 6.07) is 5.98. The van der Waals surface area contributed by atoms with E-state index < -0.39 is 67.3 Å². The standard InChI is InChI=1S/C22H5F6NO2/c23-16-12-8-4-10(30)6-2-1-3-7-11(31)5-9(29(8)22(6)7)13-14(12)15(18(25)20(16)27)19(26)21(28)17(13)24/h1-5H. The highest BCUT2D eigenvalue weighted by Crippen LogP contribution is 2.42. The van der Waals surface area contributed by atoms with Crippen LogP contribution in [0.4, 0.5) is 26.3 Å². The van der Waals surface area contributed by atoms with Crippen molar-refractivity contribution in [1.29, 1.82) is 0 Å². The molecule has 9 heteroatoms. The average Bonchev–Trinajstić information content (AvgIpc) is 2.75. The molecular weight excluding hydrogens is 424 g/mol. The summed E-state index contributed by atoms with van der Waals surface area (Å²) in [6.45, 7) is 0. The van der Waals surface area contributed by atoms with Gasteiger partial charge >= 0.3 is 0 Å². The third-order valence-electron chi connectivity index (χ3n) is 5.72. The van der Waals surface area contributed by atoms with Gasteiger partial charge in [0.25, 0.3) is 0 Å². The van der Waals surface area contributed by atoms with Crippen LogP contribution in [0.5, 0.6) is 0 Å². The van der Waals surface area contributed by atoms with Crippen LogP contribution in [-0.4, -0.2) is 4.40 Å². The molecule has 0 aliphatic heterocycles. The maximum Gasteiger partial charge on any atom is 0.195 e. The molecule has 0 spiro atoms. The fraction of sp³-hybridized carbons (Fsp3) is 0. The van der Waals surface area contributed by atoms with Crippen molar-refractivity contribution in [2.24, 2.45) is 0 Å². The highest BCUT2D eigenvalue weighted by molar-refractivity contribution is 6.22. The first-order chi connectivity index (χ1) is 14.7. The number of pyridine rings is 3. The number of benzene rings is 3. The van der Waals surface area contributed by atoms with Gasteiger partial charge in [0, 0.05) is 39.1 Å². The molecule has 3 aromatic carbocycles. The monoisotopic (exact) mass is 429 g/mol. The number of nitrogens with zero attached hydrogens (tertiary/aromatic N) is 1. The Bertz CT molecular complexity index is 1770. The maximum atomic E-state index is 14.9. The lowest BCUT2D eigenvalue weighted by molar-refractivity contribution is 0.442. The highest BCUT2D eigenvalue weighted by atomic mass is 19.2. The zero-order chi connectivity index (χ0) is 21.9. The van der Waals surface area contributed by atoms with Gasteiger partial charge in [-0.3, -0.25) is 9.59 Å². The van der Waals surface area contributed by atoms with E-state index in [-0.39, 0.29) is 27.3 Å². The summed E-state index contributed by atoms with van der Waals surface area (Å²) >= 11 is 0. The number of hydrogen-bond donors (Lipinski definition) is 0. The fourth-order valence-electron chi connectivity index (χ4n) is 4.48. The molecule has 0 saturated carbocycles. The van der Waals surface area contributed by atoms with E-state index >= 15 is 0 Å². The largest absolute Gasteiger partial charge is 0.307 e. The molecule has 31 heavy (non-hydrogen) atoms. The molecule has 6 aromatic rings. The van der Waals surface area contributed by atoms with Gasteiger partial charge in [-0.15, -0.1) is 0 Å². The summed E-state index contributed by atoms with van der Waals surface area (Å²) in [7, 11) is 0. The van der Waals surface area contributed by atoms with E-state index in [1.807, 2.05) is 0 Å². The first-order valence-electron chi connectivity index (χ1n) is 8.86. The number of halogens is 6. The highest BCUT2D eigenvalue weighted by Gasteiger charge is 2.31. The molecule has 0 bridgehead atoms. The second kappa shape index (κ2) is 5.42. The molecule has 0 atom stereocenters. The maximum absolute atomic E-state index is 14.9. The third kappa shape index (κ3) is 1.87.